The van der Waals surface area contributed by atoms with E-state index in [1.807, 2.05) is 0 Å². The number of hydrogen-bond acceptors (Lipinski definition) is 5. The van der Waals surface area contributed by atoms with Crippen LogP contribution in [0.2, 0.25) is 0 Å². The molecule has 7 nitrogen and oxygen atoms in total. The number of nitro benzene ring substituents is 1. The Kier molecular flexibility index (Phi) is 4.10. The molecule has 2 rings (SSSR count). The second-order valence-electron chi connectivity index (χ2n) is 4.44. The first-order valence-corrected chi connectivity index (χ1v) is 6.12. The van der Waals surface area contributed by atoms with Crippen LogP contribution in [-0.4, -0.2) is 26.2 Å². The van der Waals surface area contributed by atoms with Crippen molar-refractivity contribution in [3.05, 3.63) is 45.5 Å². The number of rotatable bonds is 5. The average molecular weight is 297 g/mol. The van der Waals surface area contributed by atoms with Gasteiger partial charge in [-0.25, -0.2) is 8.78 Å². The first kappa shape index (κ1) is 14.8. The molecule has 112 valence electrons. The molecular formula is C12H13F2N5O2. The molecule has 0 saturated heterocycles. The van der Waals surface area contributed by atoms with E-state index in [9.17, 15) is 18.9 Å². The van der Waals surface area contributed by atoms with Crippen LogP contribution in [0.25, 0.3) is 0 Å². The van der Waals surface area contributed by atoms with Crippen LogP contribution in [0.15, 0.2) is 12.1 Å². The Morgan fingerprint density at radius 2 is 1.95 bits per heavy atom. The fraction of sp³-hybridized carbons (Fsp3) is 0.333. The third-order valence-electron chi connectivity index (χ3n) is 3.07. The van der Waals surface area contributed by atoms with Crippen LogP contribution in [0, 0.1) is 28.7 Å². The van der Waals surface area contributed by atoms with Crippen molar-refractivity contribution in [2.45, 2.75) is 13.3 Å². The van der Waals surface area contributed by atoms with Crippen LogP contribution in [0.5, 0.6) is 0 Å². The topological polar surface area (TPSA) is 85.9 Å². The number of halogens is 2. The third kappa shape index (κ3) is 3.12. The molecule has 0 aliphatic carbocycles. The lowest BCUT2D eigenvalue weighted by Gasteiger charge is -2.08. The van der Waals surface area contributed by atoms with Crippen molar-refractivity contribution >= 4 is 11.4 Å². The fourth-order valence-corrected chi connectivity index (χ4v) is 1.80. The minimum Gasteiger partial charge on any atom is -0.380 e. The summed E-state index contributed by atoms with van der Waals surface area (Å²) in [6.45, 7) is 2.01. The third-order valence-corrected chi connectivity index (χ3v) is 3.07. The summed E-state index contributed by atoms with van der Waals surface area (Å²) in [7, 11) is 1.79. The fourth-order valence-electron chi connectivity index (χ4n) is 1.80. The van der Waals surface area contributed by atoms with E-state index in [0.29, 0.717) is 24.4 Å². The van der Waals surface area contributed by atoms with Gasteiger partial charge < -0.3 is 9.88 Å². The maximum atomic E-state index is 13.6. The predicted molar refractivity (Wildman–Crippen MR) is 70.9 cm³/mol. The zero-order valence-corrected chi connectivity index (χ0v) is 11.4. The highest BCUT2D eigenvalue weighted by Gasteiger charge is 2.16. The van der Waals surface area contributed by atoms with Crippen LogP contribution < -0.4 is 5.32 Å². The Morgan fingerprint density at radius 3 is 2.43 bits per heavy atom. The summed E-state index contributed by atoms with van der Waals surface area (Å²) >= 11 is 0. The number of nitrogens with zero attached hydrogens (tertiary/aromatic N) is 4. The van der Waals surface area contributed by atoms with E-state index < -0.39 is 22.2 Å². The smallest absolute Gasteiger partial charge is 0.275 e. The Hall–Kier alpha value is -2.58. The van der Waals surface area contributed by atoms with Gasteiger partial charge in [-0.15, -0.1) is 10.2 Å². The lowest BCUT2D eigenvalue weighted by molar-refractivity contribution is -0.385. The van der Waals surface area contributed by atoms with Gasteiger partial charge in [0.15, 0.2) is 11.6 Å². The second kappa shape index (κ2) is 5.81. The first-order chi connectivity index (χ1) is 9.90. The van der Waals surface area contributed by atoms with E-state index in [2.05, 4.69) is 15.5 Å². The molecule has 0 bridgehead atoms. The van der Waals surface area contributed by atoms with Crippen LogP contribution in [0.3, 0.4) is 0 Å². The van der Waals surface area contributed by atoms with E-state index in [0.717, 1.165) is 5.82 Å². The molecule has 21 heavy (non-hydrogen) atoms. The van der Waals surface area contributed by atoms with Gasteiger partial charge in [-0.1, -0.05) is 0 Å². The molecule has 0 aliphatic rings. The number of non-ortho nitro benzene ring substituents is 1. The molecule has 0 spiro atoms. The van der Waals surface area contributed by atoms with Crippen molar-refractivity contribution in [1.82, 2.24) is 14.8 Å². The molecule has 1 aromatic carbocycles. The molecule has 1 heterocycles. The minimum atomic E-state index is -1.00. The lowest BCUT2D eigenvalue weighted by atomic mass is 10.2. The van der Waals surface area contributed by atoms with Gasteiger partial charge in [0.2, 0.25) is 0 Å². The number of benzene rings is 1. The first-order valence-electron chi connectivity index (χ1n) is 6.12. The van der Waals surface area contributed by atoms with Gasteiger partial charge >= 0.3 is 0 Å². The summed E-state index contributed by atoms with van der Waals surface area (Å²) in [6.07, 6.45) is 0.410. The van der Waals surface area contributed by atoms with Gasteiger partial charge in [0, 0.05) is 20.0 Å². The number of nitrogens with one attached hydrogen (secondary N) is 1. The number of anilines is 1. The average Bonchev–Trinajstić information content (AvgIpc) is 2.73. The summed E-state index contributed by atoms with van der Waals surface area (Å²) in [4.78, 5) is 9.64. The number of aryl methyl sites for hydroxylation is 1. The molecule has 0 radical (unpaired) electrons. The van der Waals surface area contributed by atoms with Crippen molar-refractivity contribution in [3.63, 3.8) is 0 Å². The van der Waals surface area contributed by atoms with Crippen molar-refractivity contribution in [2.75, 3.05) is 11.9 Å². The van der Waals surface area contributed by atoms with E-state index >= 15 is 0 Å². The highest BCUT2D eigenvalue weighted by Crippen LogP contribution is 2.24. The highest BCUT2D eigenvalue weighted by atomic mass is 19.1. The summed E-state index contributed by atoms with van der Waals surface area (Å²) in [5.41, 5.74) is -1.01. The molecule has 0 amide bonds. The molecule has 9 heteroatoms. The summed E-state index contributed by atoms with van der Waals surface area (Å²) < 4.78 is 29.0. The van der Waals surface area contributed by atoms with Gasteiger partial charge in [-0.05, 0) is 6.92 Å². The zero-order chi connectivity index (χ0) is 15.6. The van der Waals surface area contributed by atoms with Crippen molar-refractivity contribution in [3.8, 4) is 0 Å². The Labute approximate surface area is 118 Å². The van der Waals surface area contributed by atoms with Gasteiger partial charge in [-0.2, -0.15) is 0 Å². The number of aromatic nitrogens is 3. The monoisotopic (exact) mass is 297 g/mol. The molecule has 0 saturated carbocycles. The maximum Gasteiger partial charge on any atom is 0.275 e. The van der Waals surface area contributed by atoms with Crippen LogP contribution >= 0.6 is 0 Å². The molecule has 2 aromatic rings. The van der Waals surface area contributed by atoms with Crippen molar-refractivity contribution < 1.29 is 13.7 Å². The largest absolute Gasteiger partial charge is 0.380 e. The highest BCUT2D eigenvalue weighted by molar-refractivity contribution is 5.51. The molecule has 1 N–H and O–H groups in total. The second-order valence-corrected chi connectivity index (χ2v) is 4.44. The van der Waals surface area contributed by atoms with Gasteiger partial charge in [-0.3, -0.25) is 10.1 Å². The Morgan fingerprint density at radius 1 is 1.33 bits per heavy atom. The van der Waals surface area contributed by atoms with Gasteiger partial charge in [0.1, 0.15) is 17.3 Å². The van der Waals surface area contributed by atoms with Crippen LogP contribution in [0.1, 0.15) is 11.6 Å². The van der Waals surface area contributed by atoms with Crippen LogP contribution in [0.4, 0.5) is 20.2 Å². The molecule has 0 unspecified atom stereocenters. The summed E-state index contributed by atoms with van der Waals surface area (Å²) in [5.74, 6) is -0.605. The van der Waals surface area contributed by atoms with Gasteiger partial charge in [0.25, 0.3) is 5.69 Å². The van der Waals surface area contributed by atoms with Crippen molar-refractivity contribution in [1.29, 1.82) is 0 Å². The maximum absolute atomic E-state index is 13.6. The normalized spacial score (nSPS) is 10.7. The van der Waals surface area contributed by atoms with E-state index in [-0.39, 0.29) is 12.2 Å². The zero-order valence-electron chi connectivity index (χ0n) is 11.4. The number of nitro groups is 1. The molecule has 1 aromatic heterocycles. The molecular weight excluding hydrogens is 284 g/mol. The van der Waals surface area contributed by atoms with Crippen molar-refractivity contribution in [2.24, 2.45) is 7.05 Å². The van der Waals surface area contributed by atoms with E-state index in [1.54, 1.807) is 18.5 Å². The lowest BCUT2D eigenvalue weighted by Crippen LogP contribution is -2.11. The van der Waals surface area contributed by atoms with E-state index in [4.69, 9.17) is 0 Å². The standard InChI is InChI=1S/C12H13F2N5O2/c1-7-16-17-11(18(7)2)3-4-15-12-9(13)5-8(19(20)21)6-10(12)14/h5-6,15H,3-4H2,1-2H3. The summed E-state index contributed by atoms with van der Waals surface area (Å²) in [6, 6.07) is 1.36. The minimum absolute atomic E-state index is 0.220. The van der Waals surface area contributed by atoms with Crippen LogP contribution in [-0.2, 0) is 13.5 Å². The summed E-state index contributed by atoms with van der Waals surface area (Å²) in [5, 5.41) is 20.9. The molecule has 0 aliphatic heterocycles. The molecule has 0 atom stereocenters. The van der Waals surface area contributed by atoms with Gasteiger partial charge in [0.05, 0.1) is 17.1 Å². The SMILES string of the molecule is Cc1nnc(CCNc2c(F)cc([N+](=O)[O-])cc2F)n1C. The van der Waals surface area contributed by atoms with E-state index in [1.165, 1.54) is 0 Å². The number of hydrogen-bond donors (Lipinski definition) is 1. The molecule has 0 fully saturated rings. The predicted octanol–water partition coefficient (Wildman–Crippen LogP) is 1.96. The Balaban J connectivity index is 2.07. The quantitative estimate of drug-likeness (QED) is 0.673. The Bertz CT molecular complexity index is 663.